The minimum Gasteiger partial charge on any atom is -0.370 e. The van der Waals surface area contributed by atoms with Crippen LogP contribution < -0.4 is 4.90 Å². The van der Waals surface area contributed by atoms with E-state index in [1.54, 1.807) is 0 Å². The Bertz CT molecular complexity index is 480. The van der Waals surface area contributed by atoms with Crippen LogP contribution in [-0.2, 0) is 4.74 Å². The molecule has 1 aliphatic heterocycles. The predicted octanol–water partition coefficient (Wildman–Crippen LogP) is 4.00. The van der Waals surface area contributed by atoms with Gasteiger partial charge in [0.2, 0.25) is 0 Å². The maximum absolute atomic E-state index is 5.49. The van der Waals surface area contributed by atoms with Crippen LogP contribution in [0.15, 0.2) is 60.7 Å². The minimum absolute atomic E-state index is 0.0990. The molecular weight excluding hydrogens is 234 g/mol. The second-order valence-electron chi connectivity index (χ2n) is 5.31. The van der Waals surface area contributed by atoms with Gasteiger partial charge >= 0.3 is 0 Å². The highest BCUT2D eigenvalue weighted by atomic mass is 16.6. The van der Waals surface area contributed by atoms with Gasteiger partial charge in [-0.05, 0) is 37.6 Å². The zero-order valence-electron chi connectivity index (χ0n) is 11.3. The van der Waals surface area contributed by atoms with Crippen LogP contribution in [0, 0.1) is 0 Å². The van der Waals surface area contributed by atoms with Gasteiger partial charge in [0.1, 0.15) is 0 Å². The molecule has 0 bridgehead atoms. The van der Waals surface area contributed by atoms with E-state index >= 15 is 0 Å². The molecule has 0 radical (unpaired) electrons. The number of benzene rings is 2. The maximum atomic E-state index is 5.49. The highest BCUT2D eigenvalue weighted by molar-refractivity contribution is 5.62. The summed E-state index contributed by atoms with van der Waals surface area (Å²) in [7, 11) is 0. The van der Waals surface area contributed by atoms with E-state index in [4.69, 9.17) is 4.74 Å². The van der Waals surface area contributed by atoms with Gasteiger partial charge in [-0.2, -0.15) is 0 Å². The van der Waals surface area contributed by atoms with Crippen molar-refractivity contribution in [2.24, 2.45) is 0 Å². The monoisotopic (exact) mass is 253 g/mol. The molecule has 1 atom stereocenters. The number of epoxide rings is 1. The van der Waals surface area contributed by atoms with Crippen LogP contribution in [0.4, 0.5) is 11.4 Å². The molecule has 19 heavy (non-hydrogen) atoms. The molecule has 98 valence electrons. The zero-order valence-corrected chi connectivity index (χ0v) is 11.3. The van der Waals surface area contributed by atoms with Crippen LogP contribution in [0.2, 0.25) is 0 Å². The van der Waals surface area contributed by atoms with Gasteiger partial charge in [0, 0.05) is 17.9 Å². The highest BCUT2D eigenvalue weighted by Crippen LogP contribution is 2.33. The Morgan fingerprint density at radius 3 is 1.84 bits per heavy atom. The molecule has 1 heterocycles. The molecule has 1 unspecified atom stereocenters. The molecule has 0 amide bonds. The first-order chi connectivity index (χ1) is 9.27. The number of ether oxygens (including phenoxy) is 1. The number of hydrogen-bond acceptors (Lipinski definition) is 2. The summed E-state index contributed by atoms with van der Waals surface area (Å²) in [6.07, 6.45) is 1.05. The fraction of sp³-hybridized carbons (Fsp3) is 0.294. The van der Waals surface area contributed by atoms with Crippen LogP contribution in [0.25, 0.3) is 0 Å². The van der Waals surface area contributed by atoms with E-state index in [1.807, 2.05) is 0 Å². The molecule has 2 aromatic rings. The Balaban J connectivity index is 1.83. The lowest BCUT2D eigenvalue weighted by Crippen LogP contribution is -2.22. The molecule has 0 saturated carbocycles. The van der Waals surface area contributed by atoms with Gasteiger partial charge in [0.05, 0.1) is 12.2 Å². The van der Waals surface area contributed by atoms with E-state index < -0.39 is 0 Å². The number of para-hydroxylation sites is 2. The highest BCUT2D eigenvalue weighted by Gasteiger charge is 2.39. The molecule has 2 heteroatoms. The van der Waals surface area contributed by atoms with Crippen molar-refractivity contribution in [2.45, 2.75) is 18.9 Å². The second-order valence-corrected chi connectivity index (χ2v) is 5.31. The summed E-state index contributed by atoms with van der Waals surface area (Å²) in [6, 6.07) is 21.1. The van der Waals surface area contributed by atoms with Crippen LogP contribution in [0.1, 0.15) is 13.3 Å². The van der Waals surface area contributed by atoms with Crippen LogP contribution in [-0.4, -0.2) is 18.8 Å². The van der Waals surface area contributed by atoms with Gasteiger partial charge in [-0.1, -0.05) is 36.4 Å². The minimum atomic E-state index is 0.0990. The normalized spacial score (nSPS) is 21.1. The maximum Gasteiger partial charge on any atom is 0.0905 e. The van der Waals surface area contributed by atoms with Crippen LogP contribution in [0.5, 0.6) is 0 Å². The van der Waals surface area contributed by atoms with Crippen molar-refractivity contribution in [1.82, 2.24) is 0 Å². The van der Waals surface area contributed by atoms with Crippen molar-refractivity contribution in [2.75, 3.05) is 18.1 Å². The third kappa shape index (κ3) is 2.96. The summed E-state index contributed by atoms with van der Waals surface area (Å²) in [4.78, 5) is 2.35. The average molecular weight is 253 g/mol. The molecule has 1 fully saturated rings. The first-order valence-corrected chi connectivity index (χ1v) is 6.78. The van der Waals surface area contributed by atoms with E-state index in [9.17, 15) is 0 Å². The van der Waals surface area contributed by atoms with Crippen molar-refractivity contribution in [3.05, 3.63) is 60.7 Å². The van der Waals surface area contributed by atoms with E-state index in [0.717, 1.165) is 19.6 Å². The van der Waals surface area contributed by atoms with Gasteiger partial charge < -0.3 is 9.64 Å². The molecule has 1 aliphatic rings. The summed E-state index contributed by atoms with van der Waals surface area (Å²) >= 11 is 0. The predicted molar refractivity (Wildman–Crippen MR) is 78.9 cm³/mol. The third-order valence-corrected chi connectivity index (χ3v) is 3.64. The van der Waals surface area contributed by atoms with Gasteiger partial charge in [0.25, 0.3) is 0 Å². The first-order valence-electron chi connectivity index (χ1n) is 6.78. The van der Waals surface area contributed by atoms with Gasteiger partial charge in [-0.25, -0.2) is 0 Å². The SMILES string of the molecule is CC1(CCN(c2ccccc2)c2ccccc2)CO1. The first kappa shape index (κ1) is 12.2. The quantitative estimate of drug-likeness (QED) is 0.748. The largest absolute Gasteiger partial charge is 0.370 e. The van der Waals surface area contributed by atoms with Gasteiger partial charge in [0.15, 0.2) is 0 Å². The van der Waals surface area contributed by atoms with E-state index in [0.29, 0.717) is 0 Å². The summed E-state index contributed by atoms with van der Waals surface area (Å²) in [5.74, 6) is 0. The number of rotatable bonds is 5. The van der Waals surface area contributed by atoms with Crippen molar-refractivity contribution in [3.63, 3.8) is 0 Å². The Labute approximate surface area is 114 Å². The Morgan fingerprint density at radius 2 is 1.42 bits per heavy atom. The summed E-state index contributed by atoms with van der Waals surface area (Å²) < 4.78 is 5.49. The Morgan fingerprint density at radius 1 is 0.947 bits per heavy atom. The van der Waals surface area contributed by atoms with Gasteiger partial charge in [-0.3, -0.25) is 0 Å². The van der Waals surface area contributed by atoms with E-state index in [1.165, 1.54) is 11.4 Å². The zero-order chi connectivity index (χ0) is 13.1. The fourth-order valence-electron chi connectivity index (χ4n) is 2.24. The molecule has 0 spiro atoms. The molecular formula is C17H19NO. The Kier molecular flexibility index (Phi) is 3.26. The number of hydrogen-bond donors (Lipinski definition) is 0. The van der Waals surface area contributed by atoms with Crippen molar-refractivity contribution in [1.29, 1.82) is 0 Å². The molecule has 2 aromatic carbocycles. The summed E-state index contributed by atoms with van der Waals surface area (Å²) in [6.45, 7) is 4.05. The average Bonchev–Trinajstić information content (AvgIpc) is 3.20. The lowest BCUT2D eigenvalue weighted by atomic mass is 10.1. The Hall–Kier alpha value is -1.80. The van der Waals surface area contributed by atoms with Gasteiger partial charge in [-0.15, -0.1) is 0 Å². The van der Waals surface area contributed by atoms with Crippen LogP contribution >= 0.6 is 0 Å². The topological polar surface area (TPSA) is 15.8 Å². The molecule has 0 aliphatic carbocycles. The summed E-state index contributed by atoms with van der Waals surface area (Å²) in [5.41, 5.74) is 2.57. The number of nitrogens with zero attached hydrogens (tertiary/aromatic N) is 1. The van der Waals surface area contributed by atoms with Crippen molar-refractivity contribution in [3.8, 4) is 0 Å². The lowest BCUT2D eigenvalue weighted by molar-refractivity contribution is 0.311. The van der Waals surface area contributed by atoms with E-state index in [2.05, 4.69) is 72.5 Å². The second kappa shape index (κ2) is 5.06. The number of anilines is 2. The van der Waals surface area contributed by atoms with Crippen LogP contribution in [0.3, 0.4) is 0 Å². The molecule has 0 N–H and O–H groups in total. The fourth-order valence-corrected chi connectivity index (χ4v) is 2.24. The smallest absolute Gasteiger partial charge is 0.0905 e. The van der Waals surface area contributed by atoms with E-state index in [-0.39, 0.29) is 5.60 Å². The lowest BCUT2D eigenvalue weighted by Gasteiger charge is -2.25. The molecule has 3 rings (SSSR count). The molecule has 0 aromatic heterocycles. The van der Waals surface area contributed by atoms with Crippen molar-refractivity contribution < 1.29 is 4.74 Å². The van der Waals surface area contributed by atoms with Crippen molar-refractivity contribution >= 4 is 11.4 Å². The molecule has 1 saturated heterocycles. The third-order valence-electron chi connectivity index (χ3n) is 3.64. The molecule has 2 nitrogen and oxygen atoms in total. The summed E-state index contributed by atoms with van der Waals surface area (Å²) in [5, 5.41) is 0. The standard InChI is InChI=1S/C17H19NO/c1-17(14-19-17)12-13-18(15-8-4-2-5-9-15)16-10-6-3-7-11-16/h2-11H,12-14H2,1H3.